The van der Waals surface area contributed by atoms with E-state index in [4.69, 9.17) is 10.5 Å². The molecular weight excluding hydrogens is 320 g/mol. The lowest BCUT2D eigenvalue weighted by Gasteiger charge is -2.29. The van der Waals surface area contributed by atoms with Crippen molar-refractivity contribution in [2.45, 2.75) is 44.8 Å². The van der Waals surface area contributed by atoms with E-state index < -0.39 is 6.04 Å². The second-order valence-corrected chi connectivity index (χ2v) is 6.61. The van der Waals surface area contributed by atoms with Crippen LogP contribution in [0.1, 0.15) is 44.2 Å². The van der Waals surface area contributed by atoms with E-state index in [-0.39, 0.29) is 12.0 Å². The SMILES string of the molecule is CC1CCCCC1Oc1cc2c(cc1Br)C(N)C(=O)N2. The number of nitrogens with one attached hydrogen (secondary N) is 1. The number of carbonyl (C=O) groups excluding carboxylic acids is 1. The van der Waals surface area contributed by atoms with Gasteiger partial charge in [0.15, 0.2) is 0 Å². The largest absolute Gasteiger partial charge is 0.489 e. The lowest BCUT2D eigenvalue weighted by molar-refractivity contribution is -0.116. The Morgan fingerprint density at radius 3 is 2.85 bits per heavy atom. The molecule has 3 rings (SSSR count). The fraction of sp³-hybridized carbons (Fsp3) is 0.533. The van der Waals surface area contributed by atoms with E-state index in [1.807, 2.05) is 12.1 Å². The van der Waals surface area contributed by atoms with Gasteiger partial charge in [-0.3, -0.25) is 4.79 Å². The average Bonchev–Trinajstić information content (AvgIpc) is 2.69. The molecule has 0 aromatic heterocycles. The third-order valence-corrected chi connectivity index (χ3v) is 4.91. The fourth-order valence-corrected chi connectivity index (χ4v) is 3.45. The van der Waals surface area contributed by atoms with Crippen molar-refractivity contribution in [3.05, 3.63) is 22.2 Å². The van der Waals surface area contributed by atoms with Gasteiger partial charge in [-0.25, -0.2) is 0 Å². The van der Waals surface area contributed by atoms with E-state index in [2.05, 4.69) is 28.2 Å². The van der Waals surface area contributed by atoms with Crippen LogP contribution < -0.4 is 15.8 Å². The molecule has 2 aliphatic rings. The Bertz CT molecular complexity index is 547. The van der Waals surface area contributed by atoms with Gasteiger partial charge < -0.3 is 15.8 Å². The molecule has 1 aliphatic carbocycles. The summed E-state index contributed by atoms with van der Waals surface area (Å²) in [7, 11) is 0. The molecular formula is C15H19BrN2O2. The van der Waals surface area contributed by atoms with Crippen LogP contribution in [0.15, 0.2) is 16.6 Å². The van der Waals surface area contributed by atoms with Crippen LogP contribution in [0.2, 0.25) is 0 Å². The number of amides is 1. The quantitative estimate of drug-likeness (QED) is 0.868. The number of halogens is 1. The highest BCUT2D eigenvalue weighted by Gasteiger charge is 2.30. The molecule has 3 N–H and O–H groups in total. The topological polar surface area (TPSA) is 64.3 Å². The van der Waals surface area contributed by atoms with Gasteiger partial charge in [-0.15, -0.1) is 0 Å². The molecule has 4 nitrogen and oxygen atoms in total. The monoisotopic (exact) mass is 338 g/mol. The van der Waals surface area contributed by atoms with Crippen LogP contribution in [0.4, 0.5) is 5.69 Å². The number of benzene rings is 1. The maximum absolute atomic E-state index is 11.6. The summed E-state index contributed by atoms with van der Waals surface area (Å²) in [5.74, 6) is 1.20. The zero-order valence-corrected chi connectivity index (χ0v) is 13.1. The van der Waals surface area contributed by atoms with Crippen LogP contribution in [0.5, 0.6) is 5.75 Å². The van der Waals surface area contributed by atoms with Crippen LogP contribution >= 0.6 is 15.9 Å². The van der Waals surface area contributed by atoms with Crippen LogP contribution in [0, 0.1) is 5.92 Å². The van der Waals surface area contributed by atoms with Gasteiger partial charge in [0.25, 0.3) is 0 Å². The van der Waals surface area contributed by atoms with Crippen molar-refractivity contribution in [3.8, 4) is 5.75 Å². The highest BCUT2D eigenvalue weighted by molar-refractivity contribution is 9.10. The van der Waals surface area contributed by atoms with Crippen LogP contribution in [0.25, 0.3) is 0 Å². The Labute approximate surface area is 127 Å². The molecule has 0 bridgehead atoms. The van der Waals surface area contributed by atoms with Gasteiger partial charge in [0.2, 0.25) is 5.91 Å². The number of anilines is 1. The molecule has 108 valence electrons. The van der Waals surface area contributed by atoms with Crippen molar-refractivity contribution in [1.29, 1.82) is 0 Å². The van der Waals surface area contributed by atoms with E-state index >= 15 is 0 Å². The van der Waals surface area contributed by atoms with Crippen molar-refractivity contribution in [1.82, 2.24) is 0 Å². The maximum atomic E-state index is 11.6. The van der Waals surface area contributed by atoms with Crippen molar-refractivity contribution < 1.29 is 9.53 Å². The molecule has 1 amide bonds. The van der Waals surface area contributed by atoms with Crippen LogP contribution in [0.3, 0.4) is 0 Å². The molecule has 0 spiro atoms. The lowest BCUT2D eigenvalue weighted by Crippen LogP contribution is -2.28. The summed E-state index contributed by atoms with van der Waals surface area (Å²) in [6.45, 7) is 2.24. The number of nitrogens with two attached hydrogens (primary N) is 1. The average molecular weight is 339 g/mol. The van der Waals surface area contributed by atoms with E-state index in [9.17, 15) is 4.79 Å². The summed E-state index contributed by atoms with van der Waals surface area (Å²) in [5.41, 5.74) is 7.43. The summed E-state index contributed by atoms with van der Waals surface area (Å²) in [5, 5.41) is 2.80. The van der Waals surface area contributed by atoms with E-state index in [1.54, 1.807) is 0 Å². The van der Waals surface area contributed by atoms with Gasteiger partial charge in [0.1, 0.15) is 17.9 Å². The molecule has 0 radical (unpaired) electrons. The van der Waals surface area contributed by atoms with Gasteiger partial charge in [0.05, 0.1) is 4.47 Å². The summed E-state index contributed by atoms with van der Waals surface area (Å²) < 4.78 is 7.02. The lowest BCUT2D eigenvalue weighted by atomic mass is 9.88. The Balaban J connectivity index is 1.84. The van der Waals surface area contributed by atoms with Gasteiger partial charge in [0, 0.05) is 17.3 Å². The fourth-order valence-electron chi connectivity index (χ4n) is 3.00. The van der Waals surface area contributed by atoms with Crippen molar-refractivity contribution in [2.75, 3.05) is 5.32 Å². The first-order valence-electron chi connectivity index (χ1n) is 7.13. The Kier molecular flexibility index (Phi) is 3.73. The molecule has 3 unspecified atom stereocenters. The summed E-state index contributed by atoms with van der Waals surface area (Å²) in [6.07, 6.45) is 5.07. The maximum Gasteiger partial charge on any atom is 0.245 e. The Morgan fingerprint density at radius 2 is 2.10 bits per heavy atom. The molecule has 5 heteroatoms. The highest BCUT2D eigenvalue weighted by Crippen LogP contribution is 2.39. The number of hydrogen-bond donors (Lipinski definition) is 2. The zero-order valence-electron chi connectivity index (χ0n) is 11.5. The zero-order chi connectivity index (χ0) is 14.3. The third-order valence-electron chi connectivity index (χ3n) is 4.29. The minimum atomic E-state index is -0.580. The van der Waals surface area contributed by atoms with Gasteiger partial charge in [-0.2, -0.15) is 0 Å². The van der Waals surface area contributed by atoms with Crippen molar-refractivity contribution >= 4 is 27.5 Å². The highest BCUT2D eigenvalue weighted by atomic mass is 79.9. The van der Waals surface area contributed by atoms with E-state index in [0.717, 1.165) is 27.9 Å². The van der Waals surface area contributed by atoms with Gasteiger partial charge in [-0.05, 0) is 47.2 Å². The summed E-state index contributed by atoms with van der Waals surface area (Å²) >= 11 is 3.52. The molecule has 3 atom stereocenters. The number of hydrogen-bond acceptors (Lipinski definition) is 3. The Morgan fingerprint density at radius 1 is 1.35 bits per heavy atom. The smallest absolute Gasteiger partial charge is 0.245 e. The second kappa shape index (κ2) is 5.37. The first-order chi connectivity index (χ1) is 9.56. The number of carbonyl (C=O) groups is 1. The first-order valence-corrected chi connectivity index (χ1v) is 7.92. The minimum Gasteiger partial charge on any atom is -0.489 e. The number of rotatable bonds is 2. The predicted molar refractivity (Wildman–Crippen MR) is 81.7 cm³/mol. The van der Waals surface area contributed by atoms with Crippen LogP contribution in [-0.2, 0) is 4.79 Å². The third kappa shape index (κ3) is 2.44. The minimum absolute atomic E-state index is 0.157. The van der Waals surface area contributed by atoms with Crippen LogP contribution in [-0.4, -0.2) is 12.0 Å². The first kappa shape index (κ1) is 13.9. The molecule has 1 saturated carbocycles. The molecule has 20 heavy (non-hydrogen) atoms. The van der Waals surface area contributed by atoms with Gasteiger partial charge >= 0.3 is 0 Å². The molecule has 1 aliphatic heterocycles. The van der Waals surface area contributed by atoms with E-state index in [1.165, 1.54) is 19.3 Å². The molecule has 1 fully saturated rings. The van der Waals surface area contributed by atoms with Gasteiger partial charge in [-0.1, -0.05) is 13.3 Å². The summed E-state index contributed by atoms with van der Waals surface area (Å²) in [4.78, 5) is 11.6. The summed E-state index contributed by atoms with van der Waals surface area (Å²) in [6, 6.07) is 3.19. The van der Waals surface area contributed by atoms with Crippen molar-refractivity contribution in [2.24, 2.45) is 11.7 Å². The second-order valence-electron chi connectivity index (χ2n) is 5.75. The van der Waals surface area contributed by atoms with Crippen molar-refractivity contribution in [3.63, 3.8) is 0 Å². The van der Waals surface area contributed by atoms with E-state index in [0.29, 0.717) is 5.92 Å². The normalized spacial score (nSPS) is 28.9. The molecule has 0 saturated heterocycles. The number of fused-ring (bicyclic) bond motifs is 1. The standard InChI is InChI=1S/C15H19BrN2O2/c1-8-4-2-3-5-12(8)20-13-7-11-9(6-10(13)16)14(17)15(19)18-11/h6-8,12,14H,2-5,17H2,1H3,(H,18,19). The Hall–Kier alpha value is -1.07. The predicted octanol–water partition coefficient (Wildman–Crippen LogP) is 3.36. The molecule has 1 heterocycles. The number of ether oxygens (including phenoxy) is 1. The molecule has 1 aromatic rings. The molecule has 1 aromatic carbocycles.